The number of ether oxygens (including phenoxy) is 2. The molecule has 1 fully saturated rings. The third kappa shape index (κ3) is 5.19. The number of pyridine rings is 1. The Hall–Kier alpha value is -3.05. The molecule has 5 rings (SSSR count). The molecule has 2 amide bonds. The molecular formula is C27H29N3O5S2. The lowest BCUT2D eigenvalue weighted by molar-refractivity contribution is 0.0635. The summed E-state index contributed by atoms with van der Waals surface area (Å²) >= 11 is 2.93. The maximum absolute atomic E-state index is 13.3. The number of carbonyl (C=O) groups is 2. The second-order valence-electron chi connectivity index (χ2n) is 9.01. The van der Waals surface area contributed by atoms with Gasteiger partial charge in [0, 0.05) is 54.0 Å². The molecule has 1 aliphatic rings. The molecule has 1 aliphatic heterocycles. The molecule has 0 saturated carbocycles. The molecule has 4 aromatic rings. The van der Waals surface area contributed by atoms with Crippen molar-refractivity contribution in [2.24, 2.45) is 0 Å². The minimum absolute atomic E-state index is 0.00812. The molecule has 194 valence electrons. The van der Waals surface area contributed by atoms with Crippen LogP contribution >= 0.6 is 22.7 Å². The van der Waals surface area contributed by atoms with Crippen LogP contribution in [-0.2, 0) is 4.74 Å². The summed E-state index contributed by atoms with van der Waals surface area (Å²) in [5, 5.41) is 12.7. The van der Waals surface area contributed by atoms with Crippen molar-refractivity contribution in [2.75, 3.05) is 33.4 Å². The summed E-state index contributed by atoms with van der Waals surface area (Å²) < 4.78 is 13.3. The van der Waals surface area contributed by atoms with E-state index in [9.17, 15) is 9.59 Å². The normalized spacial score (nSPS) is 15.5. The first-order chi connectivity index (χ1) is 18.0. The molecular weight excluding hydrogens is 510 g/mol. The van der Waals surface area contributed by atoms with Gasteiger partial charge in [-0.1, -0.05) is 0 Å². The van der Waals surface area contributed by atoms with Crippen molar-refractivity contribution in [2.45, 2.75) is 32.2 Å². The first kappa shape index (κ1) is 25.6. The minimum atomic E-state index is -0.136. The third-order valence-electron chi connectivity index (χ3n) is 6.50. The third-order valence-corrected chi connectivity index (χ3v) is 8.69. The lowest BCUT2D eigenvalue weighted by atomic mass is 10.1. The Balaban J connectivity index is 1.39. The van der Waals surface area contributed by atoms with Crippen LogP contribution in [0.5, 0.6) is 11.5 Å². The quantitative estimate of drug-likeness (QED) is 0.291. The molecule has 10 heteroatoms. The summed E-state index contributed by atoms with van der Waals surface area (Å²) in [6.07, 6.45) is 4.14. The highest BCUT2D eigenvalue weighted by Gasteiger charge is 2.30. The highest BCUT2D eigenvalue weighted by Crippen LogP contribution is 2.38. The first-order valence-electron chi connectivity index (χ1n) is 12.3. The Bertz CT molecular complexity index is 1450. The van der Waals surface area contributed by atoms with E-state index in [2.05, 4.69) is 10.3 Å². The number of aryl methyl sites for hydroxylation is 1. The molecule has 4 heterocycles. The van der Waals surface area contributed by atoms with E-state index in [-0.39, 0.29) is 24.5 Å². The van der Waals surface area contributed by atoms with Gasteiger partial charge in [0.1, 0.15) is 11.5 Å². The zero-order chi connectivity index (χ0) is 25.9. The van der Waals surface area contributed by atoms with Crippen LogP contribution in [0.2, 0.25) is 0 Å². The van der Waals surface area contributed by atoms with Crippen LogP contribution < -0.4 is 10.1 Å². The van der Waals surface area contributed by atoms with Crippen LogP contribution in [0, 0.1) is 6.92 Å². The van der Waals surface area contributed by atoms with Gasteiger partial charge in [0.25, 0.3) is 11.8 Å². The van der Waals surface area contributed by atoms with Gasteiger partial charge in [-0.15, -0.1) is 22.7 Å². The van der Waals surface area contributed by atoms with Crippen LogP contribution in [0.4, 0.5) is 0 Å². The van der Waals surface area contributed by atoms with Crippen molar-refractivity contribution in [3.8, 4) is 11.5 Å². The van der Waals surface area contributed by atoms with Gasteiger partial charge < -0.3 is 24.8 Å². The fourth-order valence-electron chi connectivity index (χ4n) is 4.75. The molecule has 2 N–H and O–H groups in total. The lowest BCUT2D eigenvalue weighted by Crippen LogP contribution is -2.37. The van der Waals surface area contributed by atoms with E-state index in [0.717, 1.165) is 44.6 Å². The standard InChI is InChI=1S/C27H29N3O5S2/c1-16-24(26(32)29-9-4-12-31)19-7-6-18(13-22(19)36-16)35-21-8-10-28-20-14-23(37-25(20)21)27(33)30-11-3-5-17(30)15-34-2/h6-8,10,13-14,17,31H,3-5,9,11-12,15H2,1-2H3,(H,29,32)/t17-/m0/s1. The lowest BCUT2D eigenvalue weighted by Gasteiger charge is -2.23. The number of fused-ring (bicyclic) bond motifs is 2. The Morgan fingerprint density at radius 1 is 1.24 bits per heavy atom. The van der Waals surface area contributed by atoms with Crippen molar-refractivity contribution in [1.29, 1.82) is 0 Å². The van der Waals surface area contributed by atoms with Crippen molar-refractivity contribution in [3.63, 3.8) is 0 Å². The number of aliphatic hydroxyl groups excluding tert-OH is 1. The largest absolute Gasteiger partial charge is 0.456 e. The molecule has 0 spiro atoms. The van der Waals surface area contributed by atoms with Gasteiger partial charge in [-0.3, -0.25) is 14.6 Å². The second kappa shape index (κ2) is 11.1. The van der Waals surface area contributed by atoms with Crippen molar-refractivity contribution in [1.82, 2.24) is 15.2 Å². The Morgan fingerprint density at radius 2 is 2.11 bits per heavy atom. The number of hydrogen-bond donors (Lipinski definition) is 2. The van der Waals surface area contributed by atoms with E-state index in [4.69, 9.17) is 14.6 Å². The summed E-state index contributed by atoms with van der Waals surface area (Å²) in [7, 11) is 1.66. The van der Waals surface area contributed by atoms with Gasteiger partial charge in [-0.05, 0) is 50.5 Å². The number of thiophene rings is 2. The number of amides is 2. The van der Waals surface area contributed by atoms with Crippen molar-refractivity contribution >= 4 is 54.8 Å². The molecule has 0 aliphatic carbocycles. The van der Waals surface area contributed by atoms with E-state index in [1.54, 1.807) is 30.7 Å². The van der Waals surface area contributed by atoms with Crippen LogP contribution in [0.25, 0.3) is 20.3 Å². The maximum Gasteiger partial charge on any atom is 0.264 e. The Kier molecular flexibility index (Phi) is 7.71. The predicted octanol–water partition coefficient (Wildman–Crippen LogP) is 4.97. The smallest absolute Gasteiger partial charge is 0.264 e. The number of methoxy groups -OCH3 is 1. The number of nitrogens with one attached hydrogen (secondary N) is 1. The summed E-state index contributed by atoms with van der Waals surface area (Å²) in [6, 6.07) is 9.44. The van der Waals surface area contributed by atoms with Crippen molar-refractivity contribution in [3.05, 3.63) is 51.8 Å². The summed E-state index contributed by atoms with van der Waals surface area (Å²) in [6.45, 7) is 3.68. The number of aliphatic hydroxyl groups is 1. The molecule has 0 radical (unpaired) electrons. The minimum Gasteiger partial charge on any atom is -0.456 e. The number of carbonyl (C=O) groups excluding carboxylic acids is 2. The zero-order valence-corrected chi connectivity index (χ0v) is 22.4. The number of nitrogens with zero attached hydrogens (tertiary/aromatic N) is 2. The molecule has 1 aromatic carbocycles. The maximum atomic E-state index is 13.3. The highest BCUT2D eigenvalue weighted by atomic mass is 32.1. The van der Waals surface area contributed by atoms with Gasteiger partial charge >= 0.3 is 0 Å². The molecule has 3 aromatic heterocycles. The van der Waals surface area contributed by atoms with E-state index in [0.29, 0.717) is 41.5 Å². The Labute approximate surface area is 222 Å². The van der Waals surface area contributed by atoms with Crippen LogP contribution in [0.1, 0.15) is 44.2 Å². The highest BCUT2D eigenvalue weighted by molar-refractivity contribution is 7.21. The number of rotatable bonds is 9. The van der Waals surface area contributed by atoms with Crippen LogP contribution in [0.3, 0.4) is 0 Å². The number of aromatic nitrogens is 1. The van der Waals surface area contributed by atoms with E-state index in [1.165, 1.54) is 11.3 Å². The van der Waals surface area contributed by atoms with Crippen LogP contribution in [0.15, 0.2) is 36.5 Å². The molecule has 1 atom stereocenters. The summed E-state index contributed by atoms with van der Waals surface area (Å²) in [4.78, 5) is 33.9. The molecule has 0 bridgehead atoms. The number of hydrogen-bond acceptors (Lipinski definition) is 8. The molecule has 0 unspecified atom stereocenters. The number of likely N-dealkylation sites (tertiary alicyclic amines) is 1. The topological polar surface area (TPSA) is 101 Å². The predicted molar refractivity (Wildman–Crippen MR) is 146 cm³/mol. The van der Waals surface area contributed by atoms with Gasteiger partial charge in [0.2, 0.25) is 0 Å². The van der Waals surface area contributed by atoms with E-state index < -0.39 is 0 Å². The number of benzene rings is 1. The van der Waals surface area contributed by atoms with Gasteiger partial charge in [-0.25, -0.2) is 0 Å². The van der Waals surface area contributed by atoms with E-state index >= 15 is 0 Å². The summed E-state index contributed by atoms with van der Waals surface area (Å²) in [5.74, 6) is 1.16. The van der Waals surface area contributed by atoms with Gasteiger partial charge in [0.05, 0.1) is 33.3 Å². The monoisotopic (exact) mass is 539 g/mol. The fourth-order valence-corrected chi connectivity index (χ4v) is 6.86. The molecule has 1 saturated heterocycles. The average molecular weight is 540 g/mol. The fraction of sp³-hybridized carbons (Fsp3) is 0.370. The zero-order valence-electron chi connectivity index (χ0n) is 20.8. The molecule has 8 nitrogen and oxygen atoms in total. The SMILES string of the molecule is COC[C@@H]1CCCN1C(=O)c1cc2nccc(Oc3ccc4c(C(=O)NCCCO)c(C)sc4c3)c2s1. The molecule has 37 heavy (non-hydrogen) atoms. The second-order valence-corrected chi connectivity index (χ2v) is 11.3. The van der Waals surface area contributed by atoms with Gasteiger partial charge in [-0.2, -0.15) is 0 Å². The summed E-state index contributed by atoms with van der Waals surface area (Å²) in [5.41, 5.74) is 1.38. The van der Waals surface area contributed by atoms with Crippen LogP contribution in [-0.4, -0.2) is 66.3 Å². The van der Waals surface area contributed by atoms with Gasteiger partial charge in [0.15, 0.2) is 0 Å². The van der Waals surface area contributed by atoms with Crippen molar-refractivity contribution < 1.29 is 24.2 Å². The van der Waals surface area contributed by atoms with E-state index in [1.807, 2.05) is 36.1 Å². The first-order valence-corrected chi connectivity index (χ1v) is 13.9. The Morgan fingerprint density at radius 3 is 2.92 bits per heavy atom. The average Bonchev–Trinajstić information content (AvgIpc) is 3.60.